The lowest BCUT2D eigenvalue weighted by Crippen LogP contribution is -2.01. The van der Waals surface area contributed by atoms with Gasteiger partial charge >= 0.3 is 5.97 Å². The van der Waals surface area contributed by atoms with Crippen molar-refractivity contribution in [3.63, 3.8) is 0 Å². The van der Waals surface area contributed by atoms with E-state index >= 15 is 0 Å². The van der Waals surface area contributed by atoms with E-state index in [1.807, 2.05) is 29.7 Å². The quantitative estimate of drug-likeness (QED) is 0.893. The van der Waals surface area contributed by atoms with Crippen LogP contribution < -0.4 is 0 Å². The third-order valence-electron chi connectivity index (χ3n) is 2.39. The molecule has 0 radical (unpaired) electrons. The number of hydrogen-bond donors (Lipinski definition) is 1. The van der Waals surface area contributed by atoms with Crippen molar-refractivity contribution < 1.29 is 9.90 Å². The van der Waals surface area contributed by atoms with Gasteiger partial charge in [-0.2, -0.15) is 0 Å². The minimum Gasteiger partial charge on any atom is -0.481 e. The van der Waals surface area contributed by atoms with E-state index in [1.165, 1.54) is 0 Å². The van der Waals surface area contributed by atoms with Crippen molar-refractivity contribution in [3.05, 3.63) is 34.9 Å². The zero-order valence-electron chi connectivity index (χ0n) is 8.77. The molecule has 0 aromatic carbocycles. The van der Waals surface area contributed by atoms with Crippen LogP contribution in [0.25, 0.3) is 5.52 Å². The molecule has 2 aromatic heterocycles. The number of rotatable bonds is 3. The van der Waals surface area contributed by atoms with Gasteiger partial charge in [0.2, 0.25) is 0 Å². The number of nitrogens with zero attached hydrogens (tertiary/aromatic N) is 2. The molecule has 0 saturated heterocycles. The molecule has 0 aliphatic carbocycles. The maximum Gasteiger partial charge on any atom is 0.303 e. The molecule has 0 aliphatic rings. The number of aryl methyl sites for hydroxylation is 2. The van der Waals surface area contributed by atoms with Gasteiger partial charge in [0.15, 0.2) is 5.15 Å². The Bertz CT molecular complexity index is 548. The fourth-order valence-corrected chi connectivity index (χ4v) is 1.85. The molecule has 0 fully saturated rings. The Kier molecular flexibility index (Phi) is 2.83. The van der Waals surface area contributed by atoms with Gasteiger partial charge in [-0.25, -0.2) is 4.98 Å². The molecule has 2 rings (SSSR count). The minimum atomic E-state index is -0.833. The summed E-state index contributed by atoms with van der Waals surface area (Å²) in [7, 11) is 0. The van der Waals surface area contributed by atoms with E-state index in [1.54, 1.807) is 0 Å². The lowest BCUT2D eigenvalue weighted by molar-refractivity contribution is -0.137. The molecule has 0 aliphatic heterocycles. The van der Waals surface area contributed by atoms with Crippen LogP contribution in [0.4, 0.5) is 0 Å². The number of fused-ring (bicyclic) bond motifs is 1. The maximum atomic E-state index is 10.5. The second-order valence-corrected chi connectivity index (χ2v) is 4.03. The van der Waals surface area contributed by atoms with Crippen LogP contribution in [0.3, 0.4) is 0 Å². The van der Waals surface area contributed by atoms with Gasteiger partial charge in [-0.15, -0.1) is 0 Å². The molecule has 5 heteroatoms. The summed E-state index contributed by atoms with van der Waals surface area (Å²) in [5.74, 6) is -0.151. The molecule has 1 N–H and O–H groups in total. The van der Waals surface area contributed by atoms with Crippen LogP contribution in [0.2, 0.25) is 5.15 Å². The van der Waals surface area contributed by atoms with Gasteiger partial charge in [0.05, 0.1) is 11.9 Å². The van der Waals surface area contributed by atoms with Crippen LogP contribution in [0, 0.1) is 6.92 Å². The largest absolute Gasteiger partial charge is 0.481 e. The molecular weight excluding hydrogens is 228 g/mol. The molecule has 4 nitrogen and oxygen atoms in total. The molecule has 16 heavy (non-hydrogen) atoms. The number of carboxylic acids is 1. The highest BCUT2D eigenvalue weighted by Gasteiger charge is 2.10. The molecule has 84 valence electrons. The summed E-state index contributed by atoms with van der Waals surface area (Å²) in [5, 5.41) is 9.05. The lowest BCUT2D eigenvalue weighted by atomic mass is 10.2. The Morgan fingerprint density at radius 3 is 3.06 bits per heavy atom. The van der Waals surface area contributed by atoms with Gasteiger partial charge in [-0.3, -0.25) is 4.79 Å². The highest BCUT2D eigenvalue weighted by molar-refractivity contribution is 6.32. The van der Waals surface area contributed by atoms with Crippen LogP contribution in [0.15, 0.2) is 18.3 Å². The standard InChI is InChI=1S/C11H11ClN2O2/c1-7-4-5-14-8(6-7)11(12)13-9(14)2-3-10(15)16/h4-6H,2-3H2,1H3,(H,15,16). The SMILES string of the molecule is Cc1ccn2c(CCC(=O)O)nc(Cl)c2c1. The number of aromatic nitrogens is 2. The molecule has 0 saturated carbocycles. The molecule has 0 spiro atoms. The fourth-order valence-electron chi connectivity index (χ4n) is 1.61. The van der Waals surface area contributed by atoms with Crippen molar-refractivity contribution >= 4 is 23.1 Å². The Labute approximate surface area is 97.5 Å². The van der Waals surface area contributed by atoms with Crippen LogP contribution in [0.1, 0.15) is 17.8 Å². The van der Waals surface area contributed by atoms with Crippen molar-refractivity contribution in [2.45, 2.75) is 19.8 Å². The van der Waals surface area contributed by atoms with Crippen molar-refractivity contribution in [3.8, 4) is 0 Å². The second-order valence-electron chi connectivity index (χ2n) is 3.67. The van der Waals surface area contributed by atoms with Crippen LogP contribution in [-0.4, -0.2) is 20.5 Å². The lowest BCUT2D eigenvalue weighted by Gasteiger charge is -2.00. The first kappa shape index (κ1) is 11.0. The van der Waals surface area contributed by atoms with Gasteiger partial charge in [0.25, 0.3) is 0 Å². The molecule has 0 atom stereocenters. The van der Waals surface area contributed by atoms with Crippen LogP contribution in [0.5, 0.6) is 0 Å². The first-order chi connectivity index (χ1) is 7.58. The van der Waals surface area contributed by atoms with E-state index < -0.39 is 5.97 Å². The summed E-state index contributed by atoms with van der Waals surface area (Å²) < 4.78 is 1.83. The van der Waals surface area contributed by atoms with Crippen molar-refractivity contribution in [2.24, 2.45) is 0 Å². The normalized spacial score (nSPS) is 10.9. The number of imidazole rings is 1. The Morgan fingerprint density at radius 2 is 2.38 bits per heavy atom. The van der Waals surface area contributed by atoms with Crippen molar-refractivity contribution in [2.75, 3.05) is 0 Å². The van der Waals surface area contributed by atoms with E-state index in [0.29, 0.717) is 17.4 Å². The smallest absolute Gasteiger partial charge is 0.303 e. The Morgan fingerprint density at radius 1 is 1.62 bits per heavy atom. The number of pyridine rings is 1. The van der Waals surface area contributed by atoms with Gasteiger partial charge in [0, 0.05) is 12.6 Å². The van der Waals surface area contributed by atoms with E-state index in [9.17, 15) is 4.79 Å². The zero-order chi connectivity index (χ0) is 11.7. The number of carbonyl (C=O) groups is 1. The summed E-state index contributed by atoms with van der Waals surface area (Å²) in [4.78, 5) is 14.7. The summed E-state index contributed by atoms with van der Waals surface area (Å²) in [6.07, 6.45) is 2.30. The monoisotopic (exact) mass is 238 g/mol. The van der Waals surface area contributed by atoms with E-state index in [-0.39, 0.29) is 6.42 Å². The summed E-state index contributed by atoms with van der Waals surface area (Å²) in [6.45, 7) is 1.97. The van der Waals surface area contributed by atoms with Crippen molar-refractivity contribution in [1.82, 2.24) is 9.38 Å². The average molecular weight is 239 g/mol. The summed E-state index contributed by atoms with van der Waals surface area (Å²) in [5.41, 5.74) is 1.92. The van der Waals surface area contributed by atoms with Crippen LogP contribution >= 0.6 is 11.6 Å². The molecule has 2 aromatic rings. The first-order valence-corrected chi connectivity index (χ1v) is 5.30. The summed E-state index contributed by atoms with van der Waals surface area (Å²) >= 11 is 5.99. The zero-order valence-corrected chi connectivity index (χ0v) is 9.53. The first-order valence-electron chi connectivity index (χ1n) is 4.93. The second kappa shape index (κ2) is 4.14. The van der Waals surface area contributed by atoms with Gasteiger partial charge < -0.3 is 9.51 Å². The van der Waals surface area contributed by atoms with Gasteiger partial charge in [-0.05, 0) is 24.6 Å². The molecule has 0 bridgehead atoms. The Hall–Kier alpha value is -1.55. The third kappa shape index (κ3) is 2.02. The predicted octanol–water partition coefficient (Wildman–Crippen LogP) is 2.31. The summed E-state index contributed by atoms with van der Waals surface area (Å²) in [6, 6.07) is 3.87. The fraction of sp³-hybridized carbons (Fsp3) is 0.273. The highest BCUT2D eigenvalue weighted by Crippen LogP contribution is 2.20. The minimum absolute atomic E-state index is 0.0588. The predicted molar refractivity (Wildman–Crippen MR) is 60.9 cm³/mol. The third-order valence-corrected chi connectivity index (χ3v) is 2.67. The van der Waals surface area contributed by atoms with Gasteiger partial charge in [-0.1, -0.05) is 11.6 Å². The Balaban J connectivity index is 2.43. The number of hydrogen-bond acceptors (Lipinski definition) is 2. The molecule has 0 amide bonds. The van der Waals surface area contributed by atoms with Crippen LogP contribution in [-0.2, 0) is 11.2 Å². The van der Waals surface area contributed by atoms with E-state index in [0.717, 1.165) is 11.1 Å². The molecular formula is C11H11ClN2O2. The number of aliphatic carboxylic acids is 1. The molecule has 0 unspecified atom stereocenters. The van der Waals surface area contributed by atoms with E-state index in [2.05, 4.69) is 4.98 Å². The van der Waals surface area contributed by atoms with Gasteiger partial charge in [0.1, 0.15) is 5.82 Å². The average Bonchev–Trinajstić information content (AvgIpc) is 2.53. The van der Waals surface area contributed by atoms with Crippen molar-refractivity contribution in [1.29, 1.82) is 0 Å². The number of halogens is 1. The highest BCUT2D eigenvalue weighted by atomic mass is 35.5. The van der Waals surface area contributed by atoms with E-state index in [4.69, 9.17) is 16.7 Å². The topological polar surface area (TPSA) is 54.6 Å². The maximum absolute atomic E-state index is 10.5. The molecule has 2 heterocycles. The number of carboxylic acid groups (broad SMARTS) is 1.